The van der Waals surface area contributed by atoms with Crippen molar-refractivity contribution in [2.45, 2.75) is 13.3 Å². The van der Waals surface area contributed by atoms with E-state index in [1.54, 1.807) is 35.0 Å². The minimum atomic E-state index is 0.00486. The molecular weight excluding hydrogens is 324 g/mol. The fourth-order valence-corrected chi connectivity index (χ4v) is 2.65. The first-order valence-electron chi connectivity index (χ1n) is 6.80. The van der Waals surface area contributed by atoms with Gasteiger partial charge in [-0.15, -0.1) is 0 Å². The summed E-state index contributed by atoms with van der Waals surface area (Å²) in [7, 11) is 0. The van der Waals surface area contributed by atoms with E-state index in [9.17, 15) is 10.0 Å². The molecule has 0 atom stereocenters. The molecule has 0 saturated heterocycles. The Labute approximate surface area is 138 Å². The number of thioether (sulfide) groups is 1. The zero-order valence-electron chi connectivity index (χ0n) is 12.4. The van der Waals surface area contributed by atoms with Crippen LogP contribution < -0.4 is 9.63 Å². The Morgan fingerprint density at radius 3 is 3.00 bits per heavy atom. The largest absolute Gasteiger partial charge is 0.619 e. The van der Waals surface area contributed by atoms with Gasteiger partial charge in [0.2, 0.25) is 12.1 Å². The van der Waals surface area contributed by atoms with Crippen molar-refractivity contribution >= 4 is 35.0 Å². The number of halogens is 1. The predicted octanol–water partition coefficient (Wildman–Crippen LogP) is 2.27. The van der Waals surface area contributed by atoms with E-state index in [1.165, 1.54) is 17.1 Å². The third-order valence-electron chi connectivity index (χ3n) is 3.10. The van der Waals surface area contributed by atoms with E-state index in [1.807, 2.05) is 13.2 Å². The van der Waals surface area contributed by atoms with E-state index in [0.29, 0.717) is 29.1 Å². The third-order valence-corrected chi connectivity index (χ3v) is 3.99. The summed E-state index contributed by atoms with van der Waals surface area (Å²) in [5.74, 6) is 0.765. The van der Waals surface area contributed by atoms with E-state index in [0.717, 1.165) is 5.75 Å². The Balaban J connectivity index is 2.30. The van der Waals surface area contributed by atoms with Gasteiger partial charge in [0.05, 0.1) is 6.20 Å². The van der Waals surface area contributed by atoms with Crippen molar-refractivity contribution in [3.63, 3.8) is 0 Å². The molecule has 0 N–H and O–H groups in total. The van der Waals surface area contributed by atoms with Gasteiger partial charge in [0, 0.05) is 24.8 Å². The maximum Gasteiger partial charge on any atom is 0.227 e. The third kappa shape index (κ3) is 3.72. The second-order valence-electron chi connectivity index (χ2n) is 4.55. The zero-order valence-corrected chi connectivity index (χ0v) is 14.0. The van der Waals surface area contributed by atoms with Gasteiger partial charge >= 0.3 is 0 Å². The maximum atomic E-state index is 12.2. The first-order chi connectivity index (χ1) is 10.6. The van der Waals surface area contributed by atoms with Crippen LogP contribution in [0.4, 0.5) is 5.69 Å². The molecule has 0 fully saturated rings. The fourth-order valence-electron chi connectivity index (χ4n) is 2.04. The van der Waals surface area contributed by atoms with Gasteiger partial charge < -0.3 is 10.1 Å². The molecule has 0 bridgehead atoms. The highest BCUT2D eigenvalue weighted by atomic mass is 35.5. The van der Waals surface area contributed by atoms with Crippen LogP contribution in [0.5, 0.6) is 0 Å². The van der Waals surface area contributed by atoms with Crippen molar-refractivity contribution in [3.8, 4) is 5.69 Å². The quantitative estimate of drug-likeness (QED) is 0.597. The van der Waals surface area contributed by atoms with Crippen molar-refractivity contribution in [1.29, 1.82) is 0 Å². The number of carbonyl (C=O) groups excluding carboxylic acids is 1. The van der Waals surface area contributed by atoms with Crippen LogP contribution in [0.3, 0.4) is 0 Å². The molecule has 6 nitrogen and oxygen atoms in total. The van der Waals surface area contributed by atoms with E-state index in [4.69, 9.17) is 11.6 Å². The normalized spacial score (nSPS) is 10.7. The highest BCUT2D eigenvalue weighted by Crippen LogP contribution is 2.26. The monoisotopic (exact) mass is 340 g/mol. The molecule has 0 saturated carbocycles. The number of rotatable bonds is 6. The Hall–Kier alpha value is -1.73. The molecule has 0 aliphatic heterocycles. The molecular formula is C14H17ClN4O2S. The predicted molar refractivity (Wildman–Crippen MR) is 88.6 cm³/mol. The number of hydrogen-bond acceptors (Lipinski definition) is 4. The minimum absolute atomic E-state index is 0.00486. The van der Waals surface area contributed by atoms with Crippen molar-refractivity contribution in [2.24, 2.45) is 0 Å². The van der Waals surface area contributed by atoms with Crippen LogP contribution in [0, 0.1) is 5.21 Å². The topological polar surface area (TPSA) is 65.1 Å². The van der Waals surface area contributed by atoms with Crippen LogP contribution in [-0.4, -0.2) is 34.2 Å². The van der Waals surface area contributed by atoms with Crippen LogP contribution in [-0.2, 0) is 4.79 Å². The molecule has 0 spiro atoms. The number of nitrogens with zero attached hydrogens (tertiary/aromatic N) is 4. The Kier molecular flexibility index (Phi) is 5.68. The molecule has 22 heavy (non-hydrogen) atoms. The Morgan fingerprint density at radius 2 is 2.36 bits per heavy atom. The smallest absolute Gasteiger partial charge is 0.227 e. The molecule has 0 aliphatic carbocycles. The molecule has 1 amide bonds. The number of aromatic nitrogens is 3. The molecule has 118 valence electrons. The highest BCUT2D eigenvalue weighted by molar-refractivity contribution is 7.98. The van der Waals surface area contributed by atoms with Crippen molar-refractivity contribution in [1.82, 2.24) is 9.78 Å². The number of anilines is 1. The average molecular weight is 341 g/mol. The molecule has 8 heteroatoms. The van der Waals surface area contributed by atoms with Crippen LogP contribution in [0.15, 0.2) is 30.7 Å². The first-order valence-corrected chi connectivity index (χ1v) is 8.57. The summed E-state index contributed by atoms with van der Waals surface area (Å²) in [5, 5.41) is 15.8. The maximum absolute atomic E-state index is 12.2. The number of pyridine rings is 1. The van der Waals surface area contributed by atoms with Gasteiger partial charge in [0.25, 0.3) is 0 Å². The Morgan fingerprint density at radius 1 is 1.59 bits per heavy atom. The minimum Gasteiger partial charge on any atom is -0.619 e. The molecule has 0 aliphatic rings. The van der Waals surface area contributed by atoms with Gasteiger partial charge in [-0.05, 0) is 19.2 Å². The average Bonchev–Trinajstić information content (AvgIpc) is 2.88. The number of carbonyl (C=O) groups is 1. The lowest BCUT2D eigenvalue weighted by Crippen LogP contribution is -2.30. The first kappa shape index (κ1) is 16.6. The second-order valence-corrected chi connectivity index (χ2v) is 5.90. The van der Waals surface area contributed by atoms with Crippen LogP contribution in [0.25, 0.3) is 5.69 Å². The van der Waals surface area contributed by atoms with Gasteiger partial charge in [-0.1, -0.05) is 11.6 Å². The summed E-state index contributed by atoms with van der Waals surface area (Å²) in [6, 6.07) is 3.37. The van der Waals surface area contributed by atoms with Crippen LogP contribution >= 0.6 is 23.4 Å². The number of amides is 1. The van der Waals surface area contributed by atoms with Crippen LogP contribution in [0.1, 0.15) is 13.3 Å². The van der Waals surface area contributed by atoms with E-state index in [2.05, 4.69) is 5.10 Å². The van der Waals surface area contributed by atoms with Gasteiger partial charge in [-0.25, -0.2) is 4.68 Å². The lowest BCUT2D eigenvalue weighted by atomic mass is 10.3. The summed E-state index contributed by atoms with van der Waals surface area (Å²) < 4.78 is 2.18. The number of hydrogen-bond donors (Lipinski definition) is 0. The van der Waals surface area contributed by atoms with Crippen molar-refractivity contribution < 1.29 is 9.52 Å². The summed E-state index contributed by atoms with van der Waals surface area (Å²) in [5.41, 5.74) is 1.13. The second kappa shape index (κ2) is 7.51. The SMILES string of the molecule is CCN(C(=O)CCSC)c1cn(-c2ccc[n+]([O-])c2)nc1Cl. The summed E-state index contributed by atoms with van der Waals surface area (Å²) in [6.45, 7) is 2.40. The standard InChI is InChI=1S/C14H17ClN4O2S/c1-3-18(13(20)6-8-22-2)12-10-19(16-14(12)15)11-5-4-7-17(21)9-11/h4-5,7,9-10H,3,6,8H2,1-2H3. The summed E-state index contributed by atoms with van der Waals surface area (Å²) in [4.78, 5) is 13.9. The Bertz CT molecular complexity index is 662. The highest BCUT2D eigenvalue weighted by Gasteiger charge is 2.20. The fraction of sp³-hybridized carbons (Fsp3) is 0.357. The zero-order chi connectivity index (χ0) is 16.1. The molecule has 0 unspecified atom stereocenters. The van der Waals surface area contributed by atoms with Crippen molar-refractivity contribution in [2.75, 3.05) is 23.5 Å². The summed E-state index contributed by atoms with van der Waals surface area (Å²) in [6.07, 6.45) is 6.85. The molecule has 2 rings (SSSR count). The summed E-state index contributed by atoms with van der Waals surface area (Å²) >= 11 is 7.79. The molecule has 0 radical (unpaired) electrons. The van der Waals surface area contributed by atoms with Gasteiger partial charge in [0.15, 0.2) is 11.3 Å². The van der Waals surface area contributed by atoms with E-state index in [-0.39, 0.29) is 11.1 Å². The van der Waals surface area contributed by atoms with Gasteiger partial charge in [-0.2, -0.15) is 21.6 Å². The van der Waals surface area contributed by atoms with E-state index >= 15 is 0 Å². The van der Waals surface area contributed by atoms with Crippen molar-refractivity contribution in [3.05, 3.63) is 41.1 Å². The van der Waals surface area contributed by atoms with Crippen LogP contribution in [0.2, 0.25) is 5.15 Å². The lowest BCUT2D eigenvalue weighted by Gasteiger charge is -2.19. The lowest BCUT2D eigenvalue weighted by molar-refractivity contribution is -0.605. The molecule has 0 aromatic carbocycles. The molecule has 2 heterocycles. The van der Waals surface area contributed by atoms with Gasteiger partial charge in [-0.3, -0.25) is 4.79 Å². The molecule has 2 aromatic heterocycles. The van der Waals surface area contributed by atoms with Gasteiger partial charge in [0.1, 0.15) is 11.4 Å². The molecule has 2 aromatic rings. The van der Waals surface area contributed by atoms with E-state index < -0.39 is 0 Å².